The largest absolute Gasteiger partial charge is 0.444 e. The summed E-state index contributed by atoms with van der Waals surface area (Å²) in [7, 11) is 0. The molecular weight excluding hydrogens is 336 g/mol. The van der Waals surface area contributed by atoms with Crippen molar-refractivity contribution in [2.45, 2.75) is 64.7 Å². The number of hydrogen-bond donors (Lipinski definition) is 0. The fourth-order valence-corrected chi connectivity index (χ4v) is 3.52. The molecular formula is C16H25ClN2O3S. The maximum absolute atomic E-state index is 12.3. The molecule has 23 heavy (non-hydrogen) atoms. The van der Waals surface area contributed by atoms with Gasteiger partial charge in [0, 0.05) is 25.4 Å². The van der Waals surface area contributed by atoms with E-state index in [1.807, 2.05) is 25.7 Å². The number of carbonyl (C=O) groups excluding carboxylic acids is 1. The fraction of sp³-hybridized carbons (Fsp3) is 0.750. The summed E-state index contributed by atoms with van der Waals surface area (Å²) in [6.45, 7) is 7.58. The third-order valence-corrected chi connectivity index (χ3v) is 4.71. The highest BCUT2D eigenvalue weighted by molar-refractivity contribution is 7.15. The lowest BCUT2D eigenvalue weighted by Gasteiger charge is -2.36. The van der Waals surface area contributed by atoms with Crippen LogP contribution in [0, 0.1) is 0 Å². The van der Waals surface area contributed by atoms with Crippen LogP contribution in [0.2, 0.25) is 4.47 Å². The van der Waals surface area contributed by atoms with Crippen molar-refractivity contribution in [3.63, 3.8) is 0 Å². The molecule has 1 aromatic heterocycles. The molecule has 0 N–H and O–H groups in total. The Bertz CT molecular complexity index is 516. The Morgan fingerprint density at radius 2 is 2.26 bits per heavy atom. The summed E-state index contributed by atoms with van der Waals surface area (Å²) in [6, 6.07) is 0.198. The van der Waals surface area contributed by atoms with Crippen LogP contribution in [0.15, 0.2) is 6.20 Å². The van der Waals surface area contributed by atoms with Crippen molar-refractivity contribution in [1.29, 1.82) is 0 Å². The summed E-state index contributed by atoms with van der Waals surface area (Å²) in [6.07, 6.45) is 5.54. The molecule has 1 unspecified atom stereocenters. The normalized spacial score (nSPS) is 19.0. The SMILES string of the molecule is CC(C)(C)OC(=O)N1CCCCC1CCOCc1cnc(Cl)s1. The van der Waals surface area contributed by atoms with Crippen LogP contribution in [0.25, 0.3) is 0 Å². The van der Waals surface area contributed by atoms with Gasteiger partial charge in [-0.25, -0.2) is 9.78 Å². The van der Waals surface area contributed by atoms with Crippen LogP contribution in [-0.2, 0) is 16.1 Å². The lowest BCUT2D eigenvalue weighted by molar-refractivity contribution is 0.00387. The number of amides is 1. The Morgan fingerprint density at radius 1 is 1.48 bits per heavy atom. The van der Waals surface area contributed by atoms with Crippen LogP contribution in [0.3, 0.4) is 0 Å². The highest BCUT2D eigenvalue weighted by Crippen LogP contribution is 2.23. The van der Waals surface area contributed by atoms with E-state index in [2.05, 4.69) is 4.98 Å². The molecule has 2 heterocycles. The van der Waals surface area contributed by atoms with Crippen LogP contribution in [-0.4, -0.2) is 40.8 Å². The topological polar surface area (TPSA) is 51.7 Å². The Kier molecular flexibility index (Phi) is 6.68. The highest BCUT2D eigenvalue weighted by Gasteiger charge is 2.30. The zero-order valence-electron chi connectivity index (χ0n) is 14.0. The number of aromatic nitrogens is 1. The molecule has 0 spiro atoms. The van der Waals surface area contributed by atoms with Gasteiger partial charge in [0.15, 0.2) is 4.47 Å². The van der Waals surface area contributed by atoms with Crippen molar-refractivity contribution in [1.82, 2.24) is 9.88 Å². The zero-order valence-corrected chi connectivity index (χ0v) is 15.6. The second kappa shape index (κ2) is 8.31. The first-order valence-electron chi connectivity index (χ1n) is 8.03. The Morgan fingerprint density at radius 3 is 2.91 bits per heavy atom. The first-order chi connectivity index (χ1) is 10.8. The van der Waals surface area contributed by atoms with Crippen LogP contribution < -0.4 is 0 Å². The number of halogens is 1. The maximum Gasteiger partial charge on any atom is 0.410 e. The van der Waals surface area contributed by atoms with Crippen molar-refractivity contribution in [3.05, 3.63) is 15.5 Å². The summed E-state index contributed by atoms with van der Waals surface area (Å²) in [5, 5.41) is 0. The first-order valence-corrected chi connectivity index (χ1v) is 9.22. The number of likely N-dealkylation sites (tertiary alicyclic amines) is 1. The van der Waals surface area contributed by atoms with E-state index in [4.69, 9.17) is 21.1 Å². The molecule has 0 saturated carbocycles. The number of piperidine rings is 1. The molecule has 0 aliphatic carbocycles. The summed E-state index contributed by atoms with van der Waals surface area (Å²) in [5.41, 5.74) is -0.457. The number of rotatable bonds is 5. The molecule has 1 aliphatic rings. The quantitative estimate of drug-likeness (QED) is 0.726. The third-order valence-electron chi connectivity index (χ3n) is 3.62. The number of hydrogen-bond acceptors (Lipinski definition) is 5. The third kappa shape index (κ3) is 6.28. The minimum Gasteiger partial charge on any atom is -0.444 e. The van der Waals surface area contributed by atoms with Gasteiger partial charge in [0.05, 0.1) is 11.5 Å². The van der Waals surface area contributed by atoms with Gasteiger partial charge in [-0.2, -0.15) is 0 Å². The highest BCUT2D eigenvalue weighted by atomic mass is 35.5. The van der Waals surface area contributed by atoms with Crippen LogP contribution in [0.1, 0.15) is 51.3 Å². The monoisotopic (exact) mass is 360 g/mol. The summed E-state index contributed by atoms with van der Waals surface area (Å²) in [4.78, 5) is 19.2. The van der Waals surface area contributed by atoms with Crippen LogP contribution in [0.4, 0.5) is 4.79 Å². The van der Waals surface area contributed by atoms with E-state index in [1.54, 1.807) is 6.20 Å². The molecule has 0 bridgehead atoms. The number of ether oxygens (including phenoxy) is 2. The van der Waals surface area contributed by atoms with E-state index >= 15 is 0 Å². The van der Waals surface area contributed by atoms with Crippen molar-refractivity contribution in [2.24, 2.45) is 0 Å². The van der Waals surface area contributed by atoms with E-state index in [-0.39, 0.29) is 12.1 Å². The molecule has 130 valence electrons. The molecule has 1 fully saturated rings. The predicted octanol–water partition coefficient (Wildman–Crippen LogP) is 4.49. The summed E-state index contributed by atoms with van der Waals surface area (Å²) in [5.74, 6) is 0. The minimum absolute atomic E-state index is 0.198. The van der Waals surface area contributed by atoms with Crippen LogP contribution >= 0.6 is 22.9 Å². The van der Waals surface area contributed by atoms with Gasteiger partial charge in [-0.15, -0.1) is 11.3 Å². The van der Waals surface area contributed by atoms with E-state index in [0.29, 0.717) is 17.7 Å². The van der Waals surface area contributed by atoms with Crippen molar-refractivity contribution < 1.29 is 14.3 Å². The Balaban J connectivity index is 1.78. The molecule has 1 atom stereocenters. The summed E-state index contributed by atoms with van der Waals surface area (Å²) >= 11 is 7.23. The van der Waals surface area contributed by atoms with Crippen molar-refractivity contribution in [2.75, 3.05) is 13.2 Å². The molecule has 0 radical (unpaired) electrons. The number of carbonyl (C=O) groups is 1. The van der Waals surface area contributed by atoms with Gasteiger partial charge >= 0.3 is 6.09 Å². The van der Waals surface area contributed by atoms with Gasteiger partial charge in [0.1, 0.15) is 5.60 Å². The van der Waals surface area contributed by atoms with Gasteiger partial charge in [0.2, 0.25) is 0 Å². The smallest absolute Gasteiger partial charge is 0.410 e. The molecule has 7 heteroatoms. The maximum atomic E-state index is 12.3. The number of nitrogens with zero attached hydrogens (tertiary/aromatic N) is 2. The molecule has 1 saturated heterocycles. The standard InChI is InChI=1S/C16H25ClN2O3S/c1-16(2,3)22-15(20)19-8-5-4-6-12(19)7-9-21-11-13-10-18-14(17)23-13/h10,12H,4-9,11H2,1-3H3. The Hall–Kier alpha value is -0.850. The van der Waals surface area contributed by atoms with Crippen LogP contribution in [0.5, 0.6) is 0 Å². The lowest BCUT2D eigenvalue weighted by Crippen LogP contribution is -2.46. The summed E-state index contributed by atoms with van der Waals surface area (Å²) < 4.78 is 11.7. The van der Waals surface area contributed by atoms with Gasteiger partial charge < -0.3 is 14.4 Å². The average Bonchev–Trinajstić information content (AvgIpc) is 2.88. The Labute approximate surface area is 146 Å². The van der Waals surface area contributed by atoms with Gasteiger partial charge in [-0.1, -0.05) is 11.6 Å². The second-order valence-corrected chi connectivity index (χ2v) is 8.44. The van der Waals surface area contributed by atoms with E-state index < -0.39 is 5.60 Å². The van der Waals surface area contributed by atoms with E-state index in [9.17, 15) is 4.79 Å². The predicted molar refractivity (Wildman–Crippen MR) is 92.0 cm³/mol. The fourth-order valence-electron chi connectivity index (χ4n) is 2.60. The first kappa shape index (κ1) is 18.5. The van der Waals surface area contributed by atoms with Crippen molar-refractivity contribution >= 4 is 29.0 Å². The van der Waals surface area contributed by atoms with Gasteiger partial charge in [0.25, 0.3) is 0 Å². The zero-order chi connectivity index (χ0) is 16.9. The van der Waals surface area contributed by atoms with Gasteiger partial charge in [-0.05, 0) is 46.5 Å². The molecule has 5 nitrogen and oxygen atoms in total. The molecule has 1 aromatic rings. The number of thiazole rings is 1. The average molecular weight is 361 g/mol. The van der Waals surface area contributed by atoms with E-state index in [1.165, 1.54) is 11.3 Å². The van der Waals surface area contributed by atoms with E-state index in [0.717, 1.165) is 37.1 Å². The molecule has 1 aliphatic heterocycles. The van der Waals surface area contributed by atoms with Crippen molar-refractivity contribution in [3.8, 4) is 0 Å². The molecule has 2 rings (SSSR count). The lowest BCUT2D eigenvalue weighted by atomic mass is 10.0. The second-order valence-electron chi connectivity index (χ2n) is 6.74. The molecule has 1 amide bonds. The van der Waals surface area contributed by atoms with Gasteiger partial charge in [-0.3, -0.25) is 0 Å². The minimum atomic E-state index is -0.457. The molecule has 0 aromatic carbocycles.